The van der Waals surface area contributed by atoms with Crippen LogP contribution < -0.4 is 0 Å². The number of carbonyl (C=O) groups excluding carboxylic acids is 1. The molecule has 2 rings (SSSR count). The summed E-state index contributed by atoms with van der Waals surface area (Å²) in [6, 6.07) is 7.11. The number of hydrogen-bond donors (Lipinski definition) is 0. The minimum absolute atomic E-state index is 0.00460. The molecule has 1 aliphatic heterocycles. The summed E-state index contributed by atoms with van der Waals surface area (Å²) in [7, 11) is -3.49. The Morgan fingerprint density at radius 3 is 2.18 bits per heavy atom. The Hall–Kier alpha value is -1.40. The van der Waals surface area contributed by atoms with E-state index in [0.717, 1.165) is 12.0 Å². The van der Waals surface area contributed by atoms with Gasteiger partial charge in [0.2, 0.25) is 16.4 Å². The van der Waals surface area contributed by atoms with E-state index in [1.54, 1.807) is 17.0 Å². The van der Waals surface area contributed by atoms with E-state index >= 15 is 0 Å². The molecule has 1 aromatic rings. The van der Waals surface area contributed by atoms with Crippen molar-refractivity contribution >= 4 is 16.4 Å². The van der Waals surface area contributed by atoms with Crippen LogP contribution in [0.25, 0.3) is 0 Å². The predicted molar refractivity (Wildman–Crippen MR) is 86.2 cm³/mol. The zero-order chi connectivity index (χ0) is 16.4. The molecule has 0 saturated carbocycles. The van der Waals surface area contributed by atoms with Crippen molar-refractivity contribution in [2.45, 2.75) is 37.5 Å². The monoisotopic (exact) mass is 324 g/mol. The maximum atomic E-state index is 12.7. The van der Waals surface area contributed by atoms with Gasteiger partial charge in [-0.05, 0) is 29.5 Å². The molecule has 0 unspecified atom stereocenters. The number of nitrogens with zero attached hydrogens (tertiary/aromatic N) is 2. The molecule has 0 atom stereocenters. The Morgan fingerprint density at radius 2 is 1.64 bits per heavy atom. The molecule has 1 saturated heterocycles. The molecular formula is C16H24N2O3S. The Kier molecular flexibility index (Phi) is 4.92. The first-order valence-corrected chi connectivity index (χ1v) is 8.99. The van der Waals surface area contributed by atoms with E-state index in [9.17, 15) is 13.2 Å². The van der Waals surface area contributed by atoms with E-state index < -0.39 is 10.0 Å². The summed E-state index contributed by atoms with van der Waals surface area (Å²) in [4.78, 5) is 12.8. The zero-order valence-corrected chi connectivity index (χ0v) is 14.3. The average molecular weight is 324 g/mol. The SMILES string of the molecule is CC(C)(C)c1ccc(S(=O)(=O)N2CCCN(C=O)CC2)cc1. The van der Waals surface area contributed by atoms with Crippen molar-refractivity contribution in [1.29, 1.82) is 0 Å². The van der Waals surface area contributed by atoms with Gasteiger partial charge in [0.25, 0.3) is 0 Å². The lowest BCUT2D eigenvalue weighted by molar-refractivity contribution is -0.118. The van der Waals surface area contributed by atoms with Gasteiger partial charge < -0.3 is 4.90 Å². The van der Waals surface area contributed by atoms with Crippen LogP contribution in [0, 0.1) is 0 Å². The average Bonchev–Trinajstić information content (AvgIpc) is 2.72. The van der Waals surface area contributed by atoms with E-state index in [4.69, 9.17) is 0 Å². The number of rotatable bonds is 3. The van der Waals surface area contributed by atoms with Crippen LogP contribution in [0.15, 0.2) is 29.2 Å². The van der Waals surface area contributed by atoms with E-state index in [0.29, 0.717) is 37.5 Å². The molecule has 1 aromatic carbocycles. The maximum absolute atomic E-state index is 12.7. The Balaban J connectivity index is 2.21. The maximum Gasteiger partial charge on any atom is 0.243 e. The standard InChI is InChI=1S/C16H24N2O3S/c1-16(2,3)14-5-7-15(8-6-14)22(20,21)18-10-4-9-17(13-19)11-12-18/h5-8,13H,4,9-12H2,1-3H3. The number of benzene rings is 1. The van der Waals surface area contributed by atoms with Gasteiger partial charge >= 0.3 is 0 Å². The summed E-state index contributed by atoms with van der Waals surface area (Å²) in [5.41, 5.74) is 1.10. The molecule has 0 N–H and O–H groups in total. The fourth-order valence-electron chi connectivity index (χ4n) is 2.54. The highest BCUT2D eigenvalue weighted by Gasteiger charge is 2.27. The molecule has 1 fully saturated rings. The summed E-state index contributed by atoms with van der Waals surface area (Å²) in [5, 5.41) is 0. The van der Waals surface area contributed by atoms with Gasteiger partial charge in [-0.2, -0.15) is 4.31 Å². The fourth-order valence-corrected chi connectivity index (χ4v) is 4.01. The molecule has 1 heterocycles. The van der Waals surface area contributed by atoms with Gasteiger partial charge in [0.05, 0.1) is 4.90 Å². The quantitative estimate of drug-likeness (QED) is 0.797. The van der Waals surface area contributed by atoms with Crippen molar-refractivity contribution in [3.05, 3.63) is 29.8 Å². The second-order valence-corrected chi connectivity index (χ2v) is 8.61. The molecule has 0 radical (unpaired) electrons. The number of sulfonamides is 1. The van der Waals surface area contributed by atoms with Crippen LogP contribution in [0.2, 0.25) is 0 Å². The molecule has 122 valence electrons. The van der Waals surface area contributed by atoms with Crippen LogP contribution >= 0.6 is 0 Å². The van der Waals surface area contributed by atoms with Gasteiger partial charge in [-0.15, -0.1) is 0 Å². The number of carbonyl (C=O) groups is 1. The van der Waals surface area contributed by atoms with E-state index in [2.05, 4.69) is 20.8 Å². The highest BCUT2D eigenvalue weighted by molar-refractivity contribution is 7.89. The molecule has 0 aromatic heterocycles. The third-order valence-electron chi connectivity index (χ3n) is 4.00. The lowest BCUT2D eigenvalue weighted by Crippen LogP contribution is -2.35. The van der Waals surface area contributed by atoms with Gasteiger partial charge in [-0.1, -0.05) is 32.9 Å². The molecule has 22 heavy (non-hydrogen) atoms. The minimum atomic E-state index is -3.49. The predicted octanol–water partition coefficient (Wildman–Crippen LogP) is 1.84. The lowest BCUT2D eigenvalue weighted by Gasteiger charge is -2.22. The second-order valence-electron chi connectivity index (χ2n) is 6.67. The van der Waals surface area contributed by atoms with Gasteiger partial charge in [0.15, 0.2) is 0 Å². The van der Waals surface area contributed by atoms with Crippen LogP contribution in [-0.4, -0.2) is 50.2 Å². The first-order valence-electron chi connectivity index (χ1n) is 7.55. The molecular weight excluding hydrogens is 300 g/mol. The first-order chi connectivity index (χ1) is 10.2. The van der Waals surface area contributed by atoms with E-state index in [1.807, 2.05) is 12.1 Å². The highest BCUT2D eigenvalue weighted by atomic mass is 32.2. The normalized spacial score (nSPS) is 18.0. The molecule has 0 bridgehead atoms. The molecule has 1 aliphatic rings. The third-order valence-corrected chi connectivity index (χ3v) is 5.91. The van der Waals surface area contributed by atoms with Crippen molar-refractivity contribution in [3.8, 4) is 0 Å². The Labute approximate surface area is 133 Å². The largest absolute Gasteiger partial charge is 0.344 e. The highest BCUT2D eigenvalue weighted by Crippen LogP contribution is 2.25. The van der Waals surface area contributed by atoms with E-state index in [1.165, 1.54) is 4.31 Å². The molecule has 0 spiro atoms. The Bertz CT molecular complexity index is 618. The fraction of sp³-hybridized carbons (Fsp3) is 0.562. The van der Waals surface area contributed by atoms with Crippen molar-refractivity contribution in [2.75, 3.05) is 26.2 Å². The minimum Gasteiger partial charge on any atom is -0.344 e. The smallest absolute Gasteiger partial charge is 0.243 e. The van der Waals surface area contributed by atoms with Crippen LogP contribution in [-0.2, 0) is 20.2 Å². The van der Waals surface area contributed by atoms with Gasteiger partial charge in [-0.25, -0.2) is 8.42 Å². The molecule has 1 amide bonds. The van der Waals surface area contributed by atoms with Gasteiger partial charge in [0.1, 0.15) is 0 Å². The van der Waals surface area contributed by atoms with Crippen LogP contribution in [0.1, 0.15) is 32.8 Å². The number of amides is 1. The third kappa shape index (κ3) is 3.67. The lowest BCUT2D eigenvalue weighted by atomic mass is 9.87. The zero-order valence-electron chi connectivity index (χ0n) is 13.4. The molecule has 5 nitrogen and oxygen atoms in total. The first kappa shape index (κ1) is 17.0. The van der Waals surface area contributed by atoms with E-state index in [-0.39, 0.29) is 5.41 Å². The summed E-state index contributed by atoms with van der Waals surface area (Å²) in [5.74, 6) is 0. The van der Waals surface area contributed by atoms with Crippen molar-refractivity contribution in [3.63, 3.8) is 0 Å². The van der Waals surface area contributed by atoms with Gasteiger partial charge in [-0.3, -0.25) is 4.79 Å². The number of hydrogen-bond acceptors (Lipinski definition) is 3. The van der Waals surface area contributed by atoms with Crippen LogP contribution in [0.4, 0.5) is 0 Å². The van der Waals surface area contributed by atoms with Crippen molar-refractivity contribution in [2.24, 2.45) is 0 Å². The molecule has 0 aliphatic carbocycles. The molecule has 6 heteroatoms. The summed E-state index contributed by atoms with van der Waals surface area (Å²) < 4.78 is 26.9. The second kappa shape index (κ2) is 6.38. The summed E-state index contributed by atoms with van der Waals surface area (Å²) in [6.45, 7) is 8.15. The van der Waals surface area contributed by atoms with Crippen LogP contribution in [0.5, 0.6) is 0 Å². The summed E-state index contributed by atoms with van der Waals surface area (Å²) >= 11 is 0. The van der Waals surface area contributed by atoms with Gasteiger partial charge in [0, 0.05) is 26.2 Å². The van der Waals surface area contributed by atoms with Crippen molar-refractivity contribution < 1.29 is 13.2 Å². The topological polar surface area (TPSA) is 57.7 Å². The van der Waals surface area contributed by atoms with Crippen molar-refractivity contribution in [1.82, 2.24) is 9.21 Å². The summed E-state index contributed by atoms with van der Waals surface area (Å²) in [6.07, 6.45) is 1.45. The van der Waals surface area contributed by atoms with Crippen LogP contribution in [0.3, 0.4) is 0 Å². The Morgan fingerprint density at radius 1 is 1.00 bits per heavy atom.